The van der Waals surface area contributed by atoms with Gasteiger partial charge in [-0.05, 0) is 117 Å². The van der Waals surface area contributed by atoms with Crippen molar-refractivity contribution in [1.82, 2.24) is 10.6 Å². The molecule has 1 saturated heterocycles. The molecule has 62 heavy (non-hydrogen) atoms. The lowest BCUT2D eigenvalue weighted by molar-refractivity contribution is -0.139. The van der Waals surface area contributed by atoms with Gasteiger partial charge in [-0.1, -0.05) is 86.2 Å². The highest BCUT2D eigenvalue weighted by molar-refractivity contribution is 5.67. The number of carbonyl (C=O) groups is 1. The van der Waals surface area contributed by atoms with Crippen LogP contribution in [0.1, 0.15) is 101 Å². The zero-order valence-electron chi connectivity index (χ0n) is 36.3. The highest BCUT2D eigenvalue weighted by Gasteiger charge is 2.44. The van der Waals surface area contributed by atoms with E-state index in [-0.39, 0.29) is 62.8 Å². The van der Waals surface area contributed by atoms with E-state index in [1.165, 1.54) is 0 Å². The molecule has 2 aromatic carbocycles. The van der Waals surface area contributed by atoms with Gasteiger partial charge in [-0.25, -0.2) is 0 Å². The van der Waals surface area contributed by atoms with Crippen LogP contribution in [0.4, 0.5) is 0 Å². The van der Waals surface area contributed by atoms with Crippen molar-refractivity contribution in [3.05, 3.63) is 101 Å². The van der Waals surface area contributed by atoms with Crippen molar-refractivity contribution >= 4 is 5.97 Å². The molecule has 0 amide bonds. The molecule has 12 atom stereocenters. The van der Waals surface area contributed by atoms with Crippen molar-refractivity contribution in [2.45, 2.75) is 152 Å². The molecule has 2 aliphatic heterocycles. The molecule has 2 aromatic rings. The summed E-state index contributed by atoms with van der Waals surface area (Å²) in [6.45, 7) is 3.25. The minimum Gasteiger partial charge on any atom is -0.508 e. The maximum atomic E-state index is 12.8. The van der Waals surface area contributed by atoms with Crippen LogP contribution in [0.3, 0.4) is 0 Å². The van der Waals surface area contributed by atoms with E-state index >= 15 is 0 Å². The van der Waals surface area contributed by atoms with Gasteiger partial charge in [0.05, 0.1) is 55.0 Å². The summed E-state index contributed by atoms with van der Waals surface area (Å²) in [5.74, 6) is 4.55. The summed E-state index contributed by atoms with van der Waals surface area (Å²) in [4.78, 5) is 12.2. The third kappa shape index (κ3) is 13.6. The molecule has 1 aliphatic carbocycles. The summed E-state index contributed by atoms with van der Waals surface area (Å²) in [6, 6.07) is 12.5. The molecular formula is C50H70N2O10. The summed E-state index contributed by atoms with van der Waals surface area (Å²) >= 11 is 0. The number of fused-ring (bicyclic) bond motifs is 2. The number of aryl methyl sites for hydroxylation is 1. The molecule has 12 heteroatoms. The van der Waals surface area contributed by atoms with Crippen molar-refractivity contribution in [3.8, 4) is 17.6 Å². The van der Waals surface area contributed by atoms with Gasteiger partial charge in [-0.2, -0.15) is 0 Å². The first-order valence-electron chi connectivity index (χ1n) is 22.6. The predicted molar refractivity (Wildman–Crippen MR) is 239 cm³/mol. The van der Waals surface area contributed by atoms with Gasteiger partial charge in [0.25, 0.3) is 0 Å². The number of hydrogen-bond acceptors (Lipinski definition) is 11. The molecule has 2 heterocycles. The zero-order valence-corrected chi connectivity index (χ0v) is 36.3. The summed E-state index contributed by atoms with van der Waals surface area (Å²) in [6.07, 6.45) is 7.77. The molecule has 1 fully saturated rings. The van der Waals surface area contributed by atoms with Crippen LogP contribution >= 0.6 is 0 Å². The van der Waals surface area contributed by atoms with Crippen molar-refractivity contribution in [2.75, 3.05) is 13.2 Å². The van der Waals surface area contributed by atoms with Gasteiger partial charge in [-0.15, -0.1) is 0 Å². The number of carboxylic acids is 1. The van der Waals surface area contributed by atoms with Gasteiger partial charge in [-0.3, -0.25) is 4.79 Å². The number of benzene rings is 2. The minimum absolute atomic E-state index is 0.00228. The first-order valence-corrected chi connectivity index (χ1v) is 22.6. The third-order valence-electron chi connectivity index (χ3n) is 13.2. The second-order valence-corrected chi connectivity index (χ2v) is 17.9. The predicted octanol–water partition coefficient (Wildman–Crippen LogP) is 4.06. The van der Waals surface area contributed by atoms with Crippen LogP contribution in [0.15, 0.2) is 84.0 Å². The van der Waals surface area contributed by atoms with E-state index in [1.807, 2.05) is 50.3 Å². The number of nitrogens with one attached hydrogen (secondary N) is 2. The number of aliphatic hydroxyl groups excluding tert-OH is 6. The van der Waals surface area contributed by atoms with Crippen LogP contribution in [-0.2, 0) is 17.6 Å². The Morgan fingerprint density at radius 2 is 1.76 bits per heavy atom. The van der Waals surface area contributed by atoms with Gasteiger partial charge in [0, 0.05) is 36.7 Å². The second kappa shape index (κ2) is 23.7. The Bertz CT molecular complexity index is 1890. The zero-order chi connectivity index (χ0) is 44.8. The Kier molecular flexibility index (Phi) is 18.8. The van der Waals surface area contributed by atoms with Crippen molar-refractivity contribution < 1.29 is 50.8 Å². The molecular weight excluding hydrogens is 789 g/mol. The number of hydrogen-bond donors (Lipinski definition) is 11. The molecule has 0 saturated carbocycles. The number of aliphatic carboxylic acids is 1. The highest BCUT2D eigenvalue weighted by Crippen LogP contribution is 2.37. The minimum atomic E-state index is -1.42. The van der Waals surface area contributed by atoms with Crippen LogP contribution < -0.4 is 10.6 Å². The van der Waals surface area contributed by atoms with Crippen molar-refractivity contribution in [3.63, 3.8) is 0 Å². The third-order valence-corrected chi connectivity index (χ3v) is 13.2. The van der Waals surface area contributed by atoms with Crippen LogP contribution in [0, 0.1) is 29.6 Å². The van der Waals surface area contributed by atoms with Gasteiger partial charge >= 0.3 is 5.97 Å². The van der Waals surface area contributed by atoms with E-state index in [4.69, 9.17) is 0 Å². The molecule has 0 spiro atoms. The lowest BCUT2D eigenvalue weighted by atomic mass is 9.73. The Hall–Kier alpha value is -3.87. The lowest BCUT2D eigenvalue weighted by Crippen LogP contribution is -2.60. The second-order valence-electron chi connectivity index (χ2n) is 17.9. The largest absolute Gasteiger partial charge is 0.508 e. The first-order chi connectivity index (χ1) is 29.7. The van der Waals surface area contributed by atoms with Gasteiger partial charge in [0.2, 0.25) is 0 Å². The molecule has 0 aromatic heterocycles. The number of allylic oxidation sites excluding steroid dienone is 2. The number of phenolic OH excluding ortho intramolecular Hbond substituents is 1. The smallest absolute Gasteiger partial charge is 0.303 e. The standard InChI is InChI=1S/C50H70N2O10/c1-3-4-11-44(57)45(58)24-20-36-18-16-34-8-5-6-9-35(34)17-19-37-10-7-26-50(62,29-33-13-21-39(55)22-14-33)49(37)52-43(41(36)27-40(56)31-54)23-25-46(59)48-42(28-47(60)61)38(30-53)15-12-32(2)51-48/h5-10,13-14,20-22,24,32,37-38,40,42-46,48-49,51-59,62H,3-4,11-12,15-16,18,23,25-31H2,1-2H3,(H,60,61)/b24-20+,41-36+/t32-,37-,38+,40+,42+,43+,44+,45-,46+,48+,49+,50+/m1/s1. The fraction of sp³-hybridized carbons (Fsp3) is 0.580. The Morgan fingerprint density at radius 1 is 1.00 bits per heavy atom. The molecule has 340 valence electrons. The van der Waals surface area contributed by atoms with E-state index in [2.05, 4.69) is 22.5 Å². The number of aromatic hydroxyl groups is 1. The molecule has 3 aliphatic rings. The van der Waals surface area contributed by atoms with Crippen molar-refractivity contribution in [2.24, 2.45) is 17.8 Å². The molecule has 0 bridgehead atoms. The van der Waals surface area contributed by atoms with Gasteiger partial charge < -0.3 is 56.6 Å². The van der Waals surface area contributed by atoms with Crippen LogP contribution in [-0.4, -0.2) is 119 Å². The monoisotopic (exact) mass is 859 g/mol. The Labute approximate surface area is 367 Å². The summed E-state index contributed by atoms with van der Waals surface area (Å²) in [5, 5.41) is 106. The van der Waals surface area contributed by atoms with E-state index < -0.39 is 72.6 Å². The van der Waals surface area contributed by atoms with Crippen molar-refractivity contribution in [1.29, 1.82) is 0 Å². The fourth-order valence-electron chi connectivity index (χ4n) is 9.63. The van der Waals surface area contributed by atoms with Gasteiger partial charge in [0.1, 0.15) is 5.75 Å². The molecule has 0 radical (unpaired) electrons. The molecule has 5 rings (SSSR count). The van der Waals surface area contributed by atoms with E-state index in [0.29, 0.717) is 37.7 Å². The molecule has 11 N–H and O–H groups in total. The van der Waals surface area contributed by atoms with Crippen LogP contribution in [0.5, 0.6) is 5.75 Å². The topological polar surface area (TPSA) is 223 Å². The number of carboxylic acid groups (broad SMARTS) is 1. The lowest BCUT2D eigenvalue weighted by Gasteiger charge is -2.44. The fourth-order valence-corrected chi connectivity index (χ4v) is 9.63. The van der Waals surface area contributed by atoms with Crippen LogP contribution in [0.25, 0.3) is 0 Å². The molecule has 0 unspecified atom stereocenters. The Balaban J connectivity index is 1.67. The maximum absolute atomic E-state index is 12.8. The summed E-state index contributed by atoms with van der Waals surface area (Å²) in [5.41, 5.74) is 2.61. The van der Waals surface area contributed by atoms with Crippen LogP contribution in [0.2, 0.25) is 0 Å². The molecule has 12 nitrogen and oxygen atoms in total. The van der Waals surface area contributed by atoms with E-state index in [0.717, 1.165) is 35.1 Å². The van der Waals surface area contributed by atoms with Gasteiger partial charge in [0.15, 0.2) is 0 Å². The van der Waals surface area contributed by atoms with E-state index in [1.54, 1.807) is 36.4 Å². The highest BCUT2D eigenvalue weighted by atomic mass is 16.4. The first kappa shape index (κ1) is 49.2. The summed E-state index contributed by atoms with van der Waals surface area (Å²) in [7, 11) is 0. The maximum Gasteiger partial charge on any atom is 0.303 e. The number of rotatable bonds is 18. The Morgan fingerprint density at radius 3 is 2.47 bits per heavy atom. The number of phenols is 1. The summed E-state index contributed by atoms with van der Waals surface area (Å²) < 4.78 is 0. The average molecular weight is 859 g/mol. The quantitative estimate of drug-likeness (QED) is 0.0755. The number of unbranched alkanes of at least 4 members (excludes halogenated alkanes) is 1. The average Bonchev–Trinajstić information content (AvgIpc) is 3.41. The van der Waals surface area contributed by atoms with E-state index in [9.17, 15) is 50.8 Å². The normalized spacial score (nSPS) is 30.0. The number of aliphatic hydroxyl groups is 7. The SMILES string of the molecule is CCCC[C@H](O)[C@H](O)/C=C/C1=C(\C[C@H](O)CO)[C@H](CC[C@H](O)[C@H]2N[C@H](C)CC[C@@H](CO)[C@@H]2CC(=O)O)N[C@H]2[C@@H](C#Cc3ccccc3CC1)C=CC[C@]2(O)Cc1ccc(O)cc1.